The van der Waals surface area contributed by atoms with Gasteiger partial charge >= 0.3 is 0 Å². The second-order valence-corrected chi connectivity index (χ2v) is 10.5. The molecule has 5 rings (SSSR count). The summed E-state index contributed by atoms with van der Waals surface area (Å²) in [5.41, 5.74) is 4.62. The van der Waals surface area contributed by atoms with Crippen molar-refractivity contribution in [1.82, 2.24) is 24.6 Å². The summed E-state index contributed by atoms with van der Waals surface area (Å²) in [4.78, 5) is 27.1. The summed E-state index contributed by atoms with van der Waals surface area (Å²) in [5.74, 6) is 1.51. The number of rotatable bonds is 9. The van der Waals surface area contributed by atoms with Crippen LogP contribution >= 0.6 is 0 Å². The number of halogens is 1. The summed E-state index contributed by atoms with van der Waals surface area (Å²) >= 11 is 0. The molecule has 1 aliphatic heterocycles. The number of aryl methyl sites for hydroxylation is 2. The van der Waals surface area contributed by atoms with Crippen LogP contribution in [0.5, 0.6) is 0 Å². The van der Waals surface area contributed by atoms with Crippen LogP contribution in [0.3, 0.4) is 0 Å². The van der Waals surface area contributed by atoms with Crippen LogP contribution in [-0.4, -0.2) is 56.7 Å². The third-order valence-corrected chi connectivity index (χ3v) is 7.46. The van der Waals surface area contributed by atoms with E-state index in [2.05, 4.69) is 43.0 Å². The molecule has 2 aromatic heterocycles. The molecule has 4 aromatic rings. The quantitative estimate of drug-likeness (QED) is 0.258. The van der Waals surface area contributed by atoms with Gasteiger partial charge in [0, 0.05) is 39.0 Å². The molecule has 3 heterocycles. The van der Waals surface area contributed by atoms with Crippen molar-refractivity contribution < 1.29 is 9.18 Å². The zero-order valence-corrected chi connectivity index (χ0v) is 23.2. The molecular weight excluding hydrogens is 491 g/mol. The van der Waals surface area contributed by atoms with Crippen LogP contribution in [0.4, 0.5) is 10.2 Å². The number of anilines is 1. The number of carbonyl (C=O) groups is 1. The summed E-state index contributed by atoms with van der Waals surface area (Å²) in [6.07, 6.45) is 5.64. The highest BCUT2D eigenvalue weighted by molar-refractivity contribution is 5.91. The molecule has 0 bridgehead atoms. The lowest BCUT2D eigenvalue weighted by atomic mass is 10.1. The van der Waals surface area contributed by atoms with E-state index >= 15 is 0 Å². The normalized spacial score (nSPS) is 13.8. The average Bonchev–Trinajstić information content (AvgIpc) is 3.28. The summed E-state index contributed by atoms with van der Waals surface area (Å²) in [6.45, 7) is 8.99. The SMILES string of the molecule is CCCCCCC(=O)N1CCN(c2nc(Cc3ccc(C)cc3)nc3c2c(C)nn3-c2ccc(F)cc2)CC1. The molecule has 0 aliphatic carbocycles. The van der Waals surface area contributed by atoms with Crippen molar-refractivity contribution >= 4 is 22.8 Å². The molecule has 8 heteroatoms. The van der Waals surface area contributed by atoms with Crippen LogP contribution in [0.1, 0.15) is 61.7 Å². The highest BCUT2D eigenvalue weighted by Gasteiger charge is 2.26. The monoisotopic (exact) mass is 528 g/mol. The van der Waals surface area contributed by atoms with Gasteiger partial charge in [-0.3, -0.25) is 4.79 Å². The standard InChI is InChI=1S/C31H37FN6O/c1-4-5-6-7-8-28(39)36-17-19-37(20-18-36)30-29-23(3)35-38(26-15-13-25(32)14-16-26)31(29)34-27(33-30)21-24-11-9-22(2)10-12-24/h9-16H,4-8,17-21H2,1-3H3. The minimum atomic E-state index is -0.292. The lowest BCUT2D eigenvalue weighted by Crippen LogP contribution is -2.49. The molecule has 0 atom stereocenters. The van der Waals surface area contributed by atoms with E-state index < -0.39 is 0 Å². The number of amides is 1. The maximum Gasteiger partial charge on any atom is 0.222 e. The van der Waals surface area contributed by atoms with Crippen molar-refractivity contribution in [2.45, 2.75) is 59.3 Å². The van der Waals surface area contributed by atoms with Gasteiger partial charge in [-0.15, -0.1) is 0 Å². The van der Waals surface area contributed by atoms with E-state index in [4.69, 9.17) is 15.1 Å². The molecule has 0 N–H and O–H groups in total. The highest BCUT2D eigenvalue weighted by Crippen LogP contribution is 2.30. The Bertz CT molecular complexity index is 1420. The smallest absolute Gasteiger partial charge is 0.222 e. The summed E-state index contributed by atoms with van der Waals surface area (Å²) in [7, 11) is 0. The van der Waals surface area contributed by atoms with E-state index in [-0.39, 0.29) is 11.7 Å². The van der Waals surface area contributed by atoms with Gasteiger partial charge in [-0.2, -0.15) is 5.10 Å². The molecule has 1 aliphatic rings. The lowest BCUT2D eigenvalue weighted by Gasteiger charge is -2.36. The number of hydrogen-bond acceptors (Lipinski definition) is 5. The lowest BCUT2D eigenvalue weighted by molar-refractivity contribution is -0.131. The van der Waals surface area contributed by atoms with Crippen molar-refractivity contribution in [3.63, 3.8) is 0 Å². The van der Waals surface area contributed by atoms with Gasteiger partial charge in [-0.25, -0.2) is 19.0 Å². The van der Waals surface area contributed by atoms with Gasteiger partial charge in [0.05, 0.1) is 16.8 Å². The first-order chi connectivity index (χ1) is 18.9. The van der Waals surface area contributed by atoms with Gasteiger partial charge in [-0.1, -0.05) is 56.0 Å². The Morgan fingerprint density at radius 2 is 1.62 bits per heavy atom. The van der Waals surface area contributed by atoms with Crippen molar-refractivity contribution in [3.05, 3.63) is 77.0 Å². The van der Waals surface area contributed by atoms with Crippen LogP contribution in [0.2, 0.25) is 0 Å². The second-order valence-electron chi connectivity index (χ2n) is 10.5. The zero-order valence-electron chi connectivity index (χ0n) is 23.2. The minimum Gasteiger partial charge on any atom is -0.352 e. The van der Waals surface area contributed by atoms with Crippen molar-refractivity contribution in [2.24, 2.45) is 0 Å². The summed E-state index contributed by atoms with van der Waals surface area (Å²) in [5, 5.41) is 5.69. The van der Waals surface area contributed by atoms with Crippen LogP contribution in [0, 0.1) is 19.7 Å². The number of aromatic nitrogens is 4. The molecule has 2 aromatic carbocycles. The number of piperazine rings is 1. The fourth-order valence-corrected chi connectivity index (χ4v) is 5.19. The van der Waals surface area contributed by atoms with Gasteiger partial charge in [0.1, 0.15) is 17.5 Å². The van der Waals surface area contributed by atoms with E-state index in [1.54, 1.807) is 16.8 Å². The van der Waals surface area contributed by atoms with E-state index in [1.165, 1.54) is 30.5 Å². The molecule has 0 radical (unpaired) electrons. The van der Waals surface area contributed by atoms with E-state index in [0.717, 1.165) is 41.0 Å². The topological polar surface area (TPSA) is 67.2 Å². The Morgan fingerprint density at radius 3 is 2.31 bits per heavy atom. The number of fused-ring (bicyclic) bond motifs is 1. The number of carbonyl (C=O) groups excluding carboxylic acids is 1. The predicted octanol–water partition coefficient (Wildman–Crippen LogP) is 5.78. The first-order valence-corrected chi connectivity index (χ1v) is 14.0. The molecule has 39 heavy (non-hydrogen) atoms. The summed E-state index contributed by atoms with van der Waals surface area (Å²) < 4.78 is 15.4. The Hall–Kier alpha value is -3.81. The fourth-order valence-electron chi connectivity index (χ4n) is 5.19. The highest BCUT2D eigenvalue weighted by atomic mass is 19.1. The largest absolute Gasteiger partial charge is 0.352 e. The molecule has 1 saturated heterocycles. The Kier molecular flexibility index (Phi) is 8.19. The first-order valence-electron chi connectivity index (χ1n) is 14.0. The molecule has 0 spiro atoms. The van der Waals surface area contributed by atoms with Gasteiger partial charge in [-0.05, 0) is 50.1 Å². The van der Waals surface area contributed by atoms with Crippen LogP contribution in [0.25, 0.3) is 16.7 Å². The first kappa shape index (κ1) is 26.8. The van der Waals surface area contributed by atoms with Gasteiger partial charge < -0.3 is 9.80 Å². The van der Waals surface area contributed by atoms with Crippen LogP contribution < -0.4 is 4.90 Å². The number of unbranched alkanes of at least 4 members (excludes halogenated alkanes) is 3. The van der Waals surface area contributed by atoms with Gasteiger partial charge in [0.25, 0.3) is 0 Å². The molecule has 7 nitrogen and oxygen atoms in total. The third kappa shape index (κ3) is 6.10. The van der Waals surface area contributed by atoms with E-state index in [0.29, 0.717) is 50.5 Å². The van der Waals surface area contributed by atoms with Crippen LogP contribution in [0.15, 0.2) is 48.5 Å². The Balaban J connectivity index is 1.46. The van der Waals surface area contributed by atoms with E-state index in [1.807, 2.05) is 11.8 Å². The third-order valence-electron chi connectivity index (χ3n) is 7.46. The van der Waals surface area contributed by atoms with Crippen molar-refractivity contribution in [2.75, 3.05) is 31.1 Å². The molecule has 1 fully saturated rings. The molecule has 1 amide bonds. The molecule has 204 valence electrons. The zero-order chi connectivity index (χ0) is 27.4. The van der Waals surface area contributed by atoms with E-state index in [9.17, 15) is 9.18 Å². The molecule has 0 saturated carbocycles. The Labute approximate surface area is 229 Å². The van der Waals surface area contributed by atoms with Crippen molar-refractivity contribution in [3.8, 4) is 5.69 Å². The van der Waals surface area contributed by atoms with Gasteiger partial charge in [0.15, 0.2) is 5.65 Å². The maximum atomic E-state index is 13.7. The second kappa shape index (κ2) is 11.9. The molecular formula is C31H37FN6O. The number of benzene rings is 2. The minimum absolute atomic E-state index is 0.249. The van der Waals surface area contributed by atoms with Crippen molar-refractivity contribution in [1.29, 1.82) is 0 Å². The molecule has 0 unspecified atom stereocenters. The average molecular weight is 529 g/mol. The van der Waals surface area contributed by atoms with Gasteiger partial charge in [0.2, 0.25) is 5.91 Å². The predicted molar refractivity (Wildman–Crippen MR) is 153 cm³/mol. The Morgan fingerprint density at radius 1 is 0.897 bits per heavy atom. The number of nitrogens with zero attached hydrogens (tertiary/aromatic N) is 6. The summed E-state index contributed by atoms with van der Waals surface area (Å²) in [6, 6.07) is 14.7. The maximum absolute atomic E-state index is 13.7. The van der Waals surface area contributed by atoms with Crippen LogP contribution in [-0.2, 0) is 11.2 Å². The number of hydrogen-bond donors (Lipinski definition) is 0. The fraction of sp³-hybridized carbons (Fsp3) is 0.419.